The van der Waals surface area contributed by atoms with Crippen molar-refractivity contribution < 1.29 is 9.90 Å². The number of carbonyl (C=O) groups is 1. The summed E-state index contributed by atoms with van der Waals surface area (Å²) in [6.07, 6.45) is 1.22. The van der Waals surface area contributed by atoms with Crippen LogP contribution in [0.25, 0.3) is 0 Å². The van der Waals surface area contributed by atoms with Gasteiger partial charge in [0.05, 0.1) is 0 Å². The van der Waals surface area contributed by atoms with Gasteiger partial charge in [-0.05, 0) is 31.2 Å². The lowest BCUT2D eigenvalue weighted by molar-refractivity contribution is -0.132. The van der Waals surface area contributed by atoms with Gasteiger partial charge in [0.2, 0.25) is 0 Å². The summed E-state index contributed by atoms with van der Waals surface area (Å²) in [6.45, 7) is 7.40. The zero-order valence-electron chi connectivity index (χ0n) is 7.35. The molecule has 0 saturated carbocycles. The number of rotatable bonds is 4. The van der Waals surface area contributed by atoms with Crippen LogP contribution in [0.2, 0.25) is 0 Å². The van der Waals surface area contributed by atoms with Crippen LogP contribution in [0.3, 0.4) is 0 Å². The van der Waals surface area contributed by atoms with Crippen LogP contribution < -0.4 is 0 Å². The van der Waals surface area contributed by atoms with E-state index in [9.17, 15) is 4.79 Å². The van der Waals surface area contributed by atoms with Gasteiger partial charge in [0.15, 0.2) is 0 Å². The molecule has 0 aliphatic carbocycles. The van der Waals surface area contributed by atoms with Gasteiger partial charge in [-0.15, -0.1) is 0 Å². The van der Waals surface area contributed by atoms with Crippen molar-refractivity contribution in [3.63, 3.8) is 0 Å². The summed E-state index contributed by atoms with van der Waals surface area (Å²) in [7, 11) is 0. The van der Waals surface area contributed by atoms with Gasteiger partial charge in [-0.2, -0.15) is 0 Å². The van der Waals surface area contributed by atoms with Crippen molar-refractivity contribution in [2.24, 2.45) is 0 Å². The van der Waals surface area contributed by atoms with Crippen molar-refractivity contribution in [1.82, 2.24) is 0 Å². The van der Waals surface area contributed by atoms with E-state index in [1.165, 1.54) is 5.57 Å². The molecule has 1 N–H and O–H groups in total. The number of halogens is 1. The van der Waals surface area contributed by atoms with Crippen LogP contribution in [0.1, 0.15) is 26.7 Å². The minimum absolute atomic E-state index is 0.258. The molecule has 0 aromatic rings. The van der Waals surface area contributed by atoms with Crippen molar-refractivity contribution in [3.05, 3.63) is 22.2 Å². The Morgan fingerprint density at radius 2 is 1.92 bits per heavy atom. The lowest BCUT2D eigenvalue weighted by Crippen LogP contribution is -1.98. The Kier molecular flexibility index (Phi) is 4.90. The summed E-state index contributed by atoms with van der Waals surface area (Å²) in [5.41, 5.74) is 1.43. The summed E-state index contributed by atoms with van der Waals surface area (Å²) in [5.74, 6) is -0.913. The normalized spacial score (nSPS) is 9.25. The van der Waals surface area contributed by atoms with Crippen LogP contribution in [-0.2, 0) is 4.79 Å². The zero-order chi connectivity index (χ0) is 9.72. The summed E-state index contributed by atoms with van der Waals surface area (Å²) < 4.78 is 1.06. The fraction of sp³-hybridized carbons (Fsp3) is 0.444. The van der Waals surface area contributed by atoms with Crippen molar-refractivity contribution in [2.75, 3.05) is 0 Å². The summed E-state index contributed by atoms with van der Waals surface area (Å²) in [5, 5.41) is 8.50. The first kappa shape index (κ1) is 11.4. The SMILES string of the molecule is C=C(CCC(Br)=C(C)C)C(=O)O. The van der Waals surface area contributed by atoms with Gasteiger partial charge >= 0.3 is 5.97 Å². The highest BCUT2D eigenvalue weighted by Crippen LogP contribution is 2.19. The van der Waals surface area contributed by atoms with Crippen molar-refractivity contribution in [2.45, 2.75) is 26.7 Å². The van der Waals surface area contributed by atoms with Crippen LogP contribution >= 0.6 is 15.9 Å². The van der Waals surface area contributed by atoms with Gasteiger partial charge in [0, 0.05) is 5.57 Å². The van der Waals surface area contributed by atoms with Crippen LogP contribution in [0.5, 0.6) is 0 Å². The summed E-state index contributed by atoms with van der Waals surface area (Å²) in [4.78, 5) is 10.4. The Balaban J connectivity index is 3.94. The first-order chi connectivity index (χ1) is 5.45. The molecule has 0 aliphatic heterocycles. The van der Waals surface area contributed by atoms with E-state index in [1.54, 1.807) is 0 Å². The first-order valence-corrected chi connectivity index (χ1v) is 4.47. The number of allylic oxidation sites excluding steroid dienone is 2. The molecule has 0 heterocycles. The monoisotopic (exact) mass is 232 g/mol. The van der Waals surface area contributed by atoms with Crippen LogP contribution in [-0.4, -0.2) is 11.1 Å². The molecule has 0 aromatic carbocycles. The molecule has 0 saturated heterocycles. The van der Waals surface area contributed by atoms with Crippen LogP contribution in [0.4, 0.5) is 0 Å². The van der Waals surface area contributed by atoms with Crippen molar-refractivity contribution in [3.8, 4) is 0 Å². The number of carboxylic acids is 1. The van der Waals surface area contributed by atoms with Gasteiger partial charge in [0.25, 0.3) is 0 Å². The van der Waals surface area contributed by atoms with Gasteiger partial charge in [-0.1, -0.05) is 28.1 Å². The van der Waals surface area contributed by atoms with E-state index in [-0.39, 0.29) is 5.57 Å². The molecule has 0 bridgehead atoms. The van der Waals surface area contributed by atoms with Crippen LogP contribution in [0.15, 0.2) is 22.2 Å². The number of aliphatic carboxylic acids is 1. The van der Waals surface area contributed by atoms with E-state index in [2.05, 4.69) is 22.5 Å². The van der Waals surface area contributed by atoms with Crippen molar-refractivity contribution >= 4 is 21.9 Å². The second-order valence-corrected chi connectivity index (χ2v) is 3.77. The Morgan fingerprint density at radius 1 is 1.42 bits per heavy atom. The lowest BCUT2D eigenvalue weighted by Gasteiger charge is -2.01. The predicted octanol–water partition coefficient (Wildman–Crippen LogP) is 3.10. The molecule has 0 unspecified atom stereocenters. The largest absolute Gasteiger partial charge is 0.478 e. The van der Waals surface area contributed by atoms with E-state index >= 15 is 0 Å². The maximum absolute atomic E-state index is 10.4. The molecule has 3 heteroatoms. The molecule has 0 fully saturated rings. The minimum atomic E-state index is -0.913. The Morgan fingerprint density at radius 3 is 2.25 bits per heavy atom. The summed E-state index contributed by atoms with van der Waals surface area (Å²) >= 11 is 3.37. The molecule has 0 rings (SSSR count). The molecule has 68 valence electrons. The molecule has 0 atom stereocenters. The van der Waals surface area contributed by atoms with E-state index in [0.717, 1.165) is 4.48 Å². The fourth-order valence-electron chi connectivity index (χ4n) is 0.618. The Hall–Kier alpha value is -0.570. The van der Waals surface area contributed by atoms with E-state index < -0.39 is 5.97 Å². The van der Waals surface area contributed by atoms with Gasteiger partial charge < -0.3 is 5.11 Å². The third kappa shape index (κ3) is 4.34. The molecule has 0 aromatic heterocycles. The molecule has 12 heavy (non-hydrogen) atoms. The predicted molar refractivity (Wildman–Crippen MR) is 53.3 cm³/mol. The molecule has 2 nitrogen and oxygen atoms in total. The molecule has 0 spiro atoms. The maximum Gasteiger partial charge on any atom is 0.330 e. The third-order valence-electron chi connectivity index (χ3n) is 1.49. The lowest BCUT2D eigenvalue weighted by atomic mass is 10.1. The van der Waals surface area contributed by atoms with Gasteiger partial charge in [0.1, 0.15) is 0 Å². The van der Waals surface area contributed by atoms with Crippen LogP contribution in [0, 0.1) is 0 Å². The minimum Gasteiger partial charge on any atom is -0.478 e. The molecule has 0 amide bonds. The zero-order valence-corrected chi connectivity index (χ0v) is 8.94. The molecular formula is C9H13BrO2. The smallest absolute Gasteiger partial charge is 0.330 e. The Labute approximate surface area is 81.1 Å². The fourth-order valence-corrected chi connectivity index (χ4v) is 0.816. The highest BCUT2D eigenvalue weighted by molar-refractivity contribution is 9.11. The first-order valence-electron chi connectivity index (χ1n) is 3.68. The topological polar surface area (TPSA) is 37.3 Å². The van der Waals surface area contributed by atoms with E-state index in [0.29, 0.717) is 12.8 Å². The average molecular weight is 233 g/mol. The second-order valence-electron chi connectivity index (χ2n) is 2.81. The highest BCUT2D eigenvalue weighted by atomic mass is 79.9. The standard InChI is InChI=1S/C9H13BrO2/c1-6(2)8(10)5-4-7(3)9(11)12/h3-5H2,1-2H3,(H,11,12). The van der Waals surface area contributed by atoms with Gasteiger partial charge in [-0.3, -0.25) is 0 Å². The Bertz CT molecular complexity index is 225. The van der Waals surface area contributed by atoms with Gasteiger partial charge in [-0.25, -0.2) is 4.79 Å². The van der Waals surface area contributed by atoms with Crippen molar-refractivity contribution in [1.29, 1.82) is 0 Å². The van der Waals surface area contributed by atoms with E-state index in [1.807, 2.05) is 13.8 Å². The molecular weight excluding hydrogens is 220 g/mol. The second kappa shape index (κ2) is 5.14. The number of carboxylic acid groups (broad SMARTS) is 1. The summed E-state index contributed by atoms with van der Waals surface area (Å²) in [6, 6.07) is 0. The third-order valence-corrected chi connectivity index (χ3v) is 2.68. The quantitative estimate of drug-likeness (QED) is 0.757. The molecule has 0 aliphatic rings. The molecule has 0 radical (unpaired) electrons. The highest BCUT2D eigenvalue weighted by Gasteiger charge is 2.04. The average Bonchev–Trinajstić information content (AvgIpc) is 1.98. The number of hydrogen-bond donors (Lipinski definition) is 1. The number of hydrogen-bond acceptors (Lipinski definition) is 1. The van der Waals surface area contributed by atoms with E-state index in [4.69, 9.17) is 5.11 Å². The maximum atomic E-state index is 10.4.